The van der Waals surface area contributed by atoms with Crippen LogP contribution in [0.4, 0.5) is 4.79 Å². The fourth-order valence-corrected chi connectivity index (χ4v) is 9.95. The molecular formula is C33H45NO3Si. The van der Waals surface area contributed by atoms with Gasteiger partial charge in [0, 0.05) is 12.6 Å². The van der Waals surface area contributed by atoms with Crippen LogP contribution in [0.1, 0.15) is 66.9 Å². The summed E-state index contributed by atoms with van der Waals surface area (Å²) < 4.78 is 13.3. The van der Waals surface area contributed by atoms with Gasteiger partial charge in [-0.05, 0) is 48.2 Å². The Morgan fingerprint density at radius 1 is 0.816 bits per heavy atom. The minimum atomic E-state index is -2.68. The van der Waals surface area contributed by atoms with E-state index in [0.29, 0.717) is 13.2 Å². The summed E-state index contributed by atoms with van der Waals surface area (Å²) in [5.41, 5.74) is 0.335. The maximum Gasteiger partial charge on any atom is 0.410 e. The van der Waals surface area contributed by atoms with E-state index < -0.39 is 13.9 Å². The average Bonchev–Trinajstić information content (AvgIpc) is 2.89. The highest BCUT2D eigenvalue weighted by Gasteiger charge is 2.50. The molecule has 1 amide bonds. The Balaban J connectivity index is 1.87. The van der Waals surface area contributed by atoms with E-state index in [-0.39, 0.29) is 17.2 Å². The smallest absolute Gasteiger partial charge is 0.410 e. The largest absolute Gasteiger partial charge is 0.438 e. The van der Waals surface area contributed by atoms with Crippen molar-refractivity contribution in [1.82, 2.24) is 4.90 Å². The molecule has 1 atom stereocenters. The Labute approximate surface area is 231 Å². The zero-order valence-electron chi connectivity index (χ0n) is 24.2. The van der Waals surface area contributed by atoms with E-state index in [0.717, 1.165) is 18.4 Å². The molecule has 5 heteroatoms. The Bertz CT molecular complexity index is 1090. The van der Waals surface area contributed by atoms with Gasteiger partial charge in [-0.1, -0.05) is 125 Å². The van der Waals surface area contributed by atoms with Gasteiger partial charge in [0.05, 0.1) is 6.61 Å². The number of carbonyl (C=O) groups is 1. The van der Waals surface area contributed by atoms with Gasteiger partial charge in [-0.25, -0.2) is 4.79 Å². The van der Waals surface area contributed by atoms with E-state index in [1.165, 1.54) is 10.4 Å². The minimum absolute atomic E-state index is 0.0214. The number of nitrogens with zero attached hydrogens (tertiary/aromatic N) is 1. The molecule has 0 saturated carbocycles. The summed E-state index contributed by atoms with van der Waals surface area (Å²) in [5, 5.41) is 2.35. The lowest BCUT2D eigenvalue weighted by atomic mass is 9.91. The molecule has 0 aliphatic heterocycles. The van der Waals surface area contributed by atoms with Crippen LogP contribution in [0.25, 0.3) is 0 Å². The monoisotopic (exact) mass is 531 g/mol. The lowest BCUT2D eigenvalue weighted by molar-refractivity contribution is -0.0139. The molecule has 3 aromatic rings. The van der Waals surface area contributed by atoms with E-state index in [9.17, 15) is 4.79 Å². The molecule has 0 heterocycles. The van der Waals surface area contributed by atoms with Crippen molar-refractivity contribution in [3.8, 4) is 0 Å². The maximum atomic E-state index is 13.6. The molecule has 0 unspecified atom stereocenters. The molecule has 0 radical (unpaired) electrons. The number of ether oxygens (including phenoxy) is 1. The zero-order chi connectivity index (χ0) is 27.8. The normalized spacial score (nSPS) is 13.7. The molecule has 0 N–H and O–H groups in total. The summed E-state index contributed by atoms with van der Waals surface area (Å²) in [5.74, 6) is 0. The van der Waals surface area contributed by atoms with Crippen molar-refractivity contribution in [3.05, 3.63) is 96.6 Å². The van der Waals surface area contributed by atoms with Gasteiger partial charge in [-0.2, -0.15) is 0 Å². The lowest BCUT2D eigenvalue weighted by Crippen LogP contribution is -2.67. The van der Waals surface area contributed by atoms with Crippen molar-refractivity contribution in [2.75, 3.05) is 13.2 Å². The van der Waals surface area contributed by atoms with Gasteiger partial charge in [0.15, 0.2) is 0 Å². The molecule has 0 saturated heterocycles. The predicted molar refractivity (Wildman–Crippen MR) is 161 cm³/mol. The predicted octanol–water partition coefficient (Wildman–Crippen LogP) is 7.13. The Morgan fingerprint density at radius 3 is 1.71 bits per heavy atom. The van der Waals surface area contributed by atoms with E-state index in [2.05, 4.69) is 76.2 Å². The van der Waals surface area contributed by atoms with E-state index >= 15 is 0 Å². The highest BCUT2D eigenvalue weighted by molar-refractivity contribution is 6.99. The maximum absolute atomic E-state index is 13.6. The molecule has 0 aromatic heterocycles. The Kier molecular flexibility index (Phi) is 9.97. The number of carbonyl (C=O) groups excluding carboxylic acids is 1. The zero-order valence-corrected chi connectivity index (χ0v) is 25.2. The summed E-state index contributed by atoms with van der Waals surface area (Å²) in [7, 11) is -2.68. The summed E-state index contributed by atoms with van der Waals surface area (Å²) >= 11 is 0. The van der Waals surface area contributed by atoms with Crippen LogP contribution in [0.3, 0.4) is 0 Å². The lowest BCUT2D eigenvalue weighted by Gasteiger charge is -2.43. The fraction of sp³-hybridized carbons (Fsp3) is 0.424. The third-order valence-corrected chi connectivity index (χ3v) is 12.4. The van der Waals surface area contributed by atoms with Gasteiger partial charge in [0.2, 0.25) is 0 Å². The Morgan fingerprint density at radius 2 is 1.29 bits per heavy atom. The highest BCUT2D eigenvalue weighted by atomic mass is 28.4. The molecule has 0 aliphatic carbocycles. The van der Waals surface area contributed by atoms with Crippen LogP contribution >= 0.6 is 0 Å². The van der Waals surface area contributed by atoms with Crippen molar-refractivity contribution in [2.45, 2.75) is 78.0 Å². The van der Waals surface area contributed by atoms with Gasteiger partial charge in [0.25, 0.3) is 8.32 Å². The minimum Gasteiger partial charge on any atom is -0.438 e. The van der Waals surface area contributed by atoms with Crippen molar-refractivity contribution in [1.29, 1.82) is 0 Å². The number of rotatable bonds is 11. The van der Waals surface area contributed by atoms with Gasteiger partial charge in [-0.15, -0.1) is 0 Å². The molecule has 3 rings (SSSR count). The first kappa shape index (κ1) is 29.7. The van der Waals surface area contributed by atoms with Gasteiger partial charge in [0.1, 0.15) is 5.60 Å². The standard InChI is InChI=1S/C33H45NO3Si/c1-8-24-33(7,28-18-12-9-13-19-28)37-31(35)34(27(2)3)25-26-36-38(32(4,5)6,29-20-14-10-15-21-29)30-22-16-11-17-23-30/h9-23,27H,8,24-26H2,1-7H3/t33-/m1/s1. The quantitative estimate of drug-likeness (QED) is 0.247. The van der Waals surface area contributed by atoms with Crippen LogP contribution in [-0.4, -0.2) is 38.5 Å². The third kappa shape index (κ3) is 6.56. The van der Waals surface area contributed by atoms with Gasteiger partial charge in [-0.3, -0.25) is 0 Å². The third-order valence-electron chi connectivity index (χ3n) is 7.35. The number of hydrogen-bond donors (Lipinski definition) is 0. The average molecular weight is 532 g/mol. The second-order valence-electron chi connectivity index (χ2n) is 11.5. The van der Waals surface area contributed by atoms with E-state index in [1.54, 1.807) is 4.90 Å². The topological polar surface area (TPSA) is 38.8 Å². The number of benzene rings is 3. The number of amides is 1. The molecule has 3 aromatic carbocycles. The van der Waals surface area contributed by atoms with Crippen molar-refractivity contribution >= 4 is 24.8 Å². The van der Waals surface area contributed by atoms with Crippen LogP contribution in [0, 0.1) is 0 Å². The van der Waals surface area contributed by atoms with Crippen LogP contribution in [0.15, 0.2) is 91.0 Å². The molecule has 0 fully saturated rings. The summed E-state index contributed by atoms with van der Waals surface area (Å²) in [6.07, 6.45) is 1.37. The molecule has 204 valence electrons. The fourth-order valence-electron chi connectivity index (χ4n) is 5.39. The second kappa shape index (κ2) is 12.8. The van der Waals surface area contributed by atoms with Gasteiger partial charge < -0.3 is 14.1 Å². The Hall–Kier alpha value is -2.89. The summed E-state index contributed by atoms with van der Waals surface area (Å²) in [6, 6.07) is 31.2. The molecule has 38 heavy (non-hydrogen) atoms. The molecule has 0 aliphatic rings. The van der Waals surface area contributed by atoms with Crippen LogP contribution in [0.5, 0.6) is 0 Å². The summed E-state index contributed by atoms with van der Waals surface area (Å²) in [6.45, 7) is 15.9. The first-order valence-electron chi connectivity index (χ1n) is 13.9. The SMILES string of the molecule is CCC[C@@](C)(OC(=O)N(CCO[Si](c1ccccc1)(c1ccccc1)C(C)(C)C)C(C)C)c1ccccc1. The van der Waals surface area contributed by atoms with Crippen molar-refractivity contribution in [3.63, 3.8) is 0 Å². The number of hydrogen-bond acceptors (Lipinski definition) is 3. The van der Waals surface area contributed by atoms with Crippen molar-refractivity contribution < 1.29 is 14.0 Å². The van der Waals surface area contributed by atoms with E-state index in [1.807, 2.05) is 63.2 Å². The second-order valence-corrected chi connectivity index (χ2v) is 15.8. The van der Waals surface area contributed by atoms with Gasteiger partial charge >= 0.3 is 6.09 Å². The van der Waals surface area contributed by atoms with E-state index in [4.69, 9.17) is 9.16 Å². The van der Waals surface area contributed by atoms with Crippen LogP contribution in [0.2, 0.25) is 5.04 Å². The molecule has 4 nitrogen and oxygen atoms in total. The van der Waals surface area contributed by atoms with Crippen molar-refractivity contribution in [2.24, 2.45) is 0 Å². The highest BCUT2D eigenvalue weighted by Crippen LogP contribution is 2.37. The first-order valence-corrected chi connectivity index (χ1v) is 15.8. The first-order chi connectivity index (χ1) is 18.0. The molecule has 0 bridgehead atoms. The van der Waals surface area contributed by atoms with Crippen LogP contribution < -0.4 is 10.4 Å². The molecular weight excluding hydrogens is 486 g/mol. The van der Waals surface area contributed by atoms with Crippen LogP contribution in [-0.2, 0) is 14.8 Å². The summed E-state index contributed by atoms with van der Waals surface area (Å²) in [4.78, 5) is 15.4. The molecule has 0 spiro atoms.